The molecule has 2 aromatic rings. The molecule has 0 aromatic heterocycles. The molecule has 0 heterocycles. The second kappa shape index (κ2) is 7.87. The number of anilines is 1. The molecule has 1 radical (unpaired) electrons. The topological polar surface area (TPSA) is 24.1 Å². The highest BCUT2D eigenvalue weighted by Gasteiger charge is 2.14. The van der Waals surface area contributed by atoms with Gasteiger partial charge in [0.2, 0.25) is 0 Å². The van der Waals surface area contributed by atoms with Gasteiger partial charge >= 0.3 is 0 Å². The van der Waals surface area contributed by atoms with E-state index in [9.17, 15) is 0 Å². The number of hydrogen-bond donors (Lipinski definition) is 2. The molecule has 0 amide bonds. The van der Waals surface area contributed by atoms with Gasteiger partial charge in [-0.15, -0.1) is 0 Å². The van der Waals surface area contributed by atoms with Gasteiger partial charge in [0.05, 0.1) is 0 Å². The Balaban J connectivity index is 1.99. The van der Waals surface area contributed by atoms with Gasteiger partial charge in [-0.1, -0.05) is 67.6 Å². The van der Waals surface area contributed by atoms with Crippen LogP contribution in [0.1, 0.15) is 13.8 Å². The van der Waals surface area contributed by atoms with Crippen LogP contribution in [0.5, 0.6) is 0 Å². The molecule has 2 nitrogen and oxygen atoms in total. The molecule has 0 fully saturated rings. The lowest BCUT2D eigenvalue weighted by Gasteiger charge is -2.19. The Morgan fingerprint density at radius 2 is 1.45 bits per heavy atom. The molecule has 3 heteroatoms. The van der Waals surface area contributed by atoms with E-state index in [-0.39, 0.29) is 0 Å². The third-order valence-corrected chi connectivity index (χ3v) is 5.57. The van der Waals surface area contributed by atoms with Gasteiger partial charge in [0.1, 0.15) is 8.80 Å². The van der Waals surface area contributed by atoms with Crippen molar-refractivity contribution in [1.82, 2.24) is 5.32 Å². The maximum absolute atomic E-state index is 3.59. The van der Waals surface area contributed by atoms with Gasteiger partial charge in [-0.25, -0.2) is 0 Å². The quantitative estimate of drug-likeness (QED) is 0.763. The molecule has 20 heavy (non-hydrogen) atoms. The Hall–Kier alpha value is -1.58. The van der Waals surface area contributed by atoms with E-state index in [1.807, 2.05) is 0 Å². The predicted molar refractivity (Wildman–Crippen MR) is 89.9 cm³/mol. The third kappa shape index (κ3) is 4.83. The van der Waals surface area contributed by atoms with Gasteiger partial charge in [-0.2, -0.15) is 0 Å². The van der Waals surface area contributed by atoms with Crippen LogP contribution in [-0.4, -0.2) is 27.2 Å². The summed E-state index contributed by atoms with van der Waals surface area (Å²) < 4.78 is 0. The molecule has 0 aliphatic heterocycles. The summed E-state index contributed by atoms with van der Waals surface area (Å²) in [6.07, 6.45) is 2.13. The molecular weight excluding hydrogens is 260 g/mol. The monoisotopic (exact) mass is 283 g/mol. The summed E-state index contributed by atoms with van der Waals surface area (Å²) >= 11 is 0. The summed E-state index contributed by atoms with van der Waals surface area (Å²) in [7, 11) is -0.637. The highest BCUT2D eigenvalue weighted by Crippen LogP contribution is 2.04. The first-order valence-electron chi connectivity index (χ1n) is 7.18. The molecule has 0 atom stereocenters. The average molecular weight is 283 g/mol. The summed E-state index contributed by atoms with van der Waals surface area (Å²) in [4.78, 5) is 0. The van der Waals surface area contributed by atoms with E-state index in [1.165, 1.54) is 10.9 Å². The number of para-hydroxylation sites is 1. The smallest absolute Gasteiger partial charge is 0.123 e. The Kier molecular flexibility index (Phi) is 5.83. The molecule has 0 aliphatic rings. The molecule has 0 bridgehead atoms. The lowest BCUT2D eigenvalue weighted by molar-refractivity contribution is 0.647. The number of rotatable bonds is 7. The summed E-state index contributed by atoms with van der Waals surface area (Å²) in [6.45, 7) is 4.41. The Morgan fingerprint density at radius 3 is 2.05 bits per heavy atom. The fourth-order valence-corrected chi connectivity index (χ4v) is 4.30. The van der Waals surface area contributed by atoms with E-state index in [4.69, 9.17) is 0 Å². The van der Waals surface area contributed by atoms with Crippen LogP contribution in [0, 0.1) is 0 Å². The van der Waals surface area contributed by atoms with Crippen molar-refractivity contribution in [1.29, 1.82) is 0 Å². The molecule has 0 unspecified atom stereocenters. The van der Waals surface area contributed by atoms with Crippen molar-refractivity contribution in [3.05, 3.63) is 60.7 Å². The number of nitrogens with one attached hydrogen (secondary N) is 2. The van der Waals surface area contributed by atoms with Crippen molar-refractivity contribution < 1.29 is 0 Å². The van der Waals surface area contributed by atoms with Crippen LogP contribution in [0.3, 0.4) is 0 Å². The maximum atomic E-state index is 3.59. The van der Waals surface area contributed by atoms with Crippen molar-refractivity contribution in [2.24, 2.45) is 0 Å². The second-order valence-electron chi connectivity index (χ2n) is 5.22. The predicted octanol–water partition coefficient (Wildman–Crippen LogP) is 2.58. The lowest BCUT2D eigenvalue weighted by atomic mass is 10.3. The van der Waals surface area contributed by atoms with Crippen LogP contribution in [0.15, 0.2) is 60.7 Å². The van der Waals surface area contributed by atoms with Gasteiger partial charge in [-0.05, 0) is 18.3 Å². The van der Waals surface area contributed by atoms with E-state index in [2.05, 4.69) is 85.1 Å². The first kappa shape index (κ1) is 14.8. The van der Waals surface area contributed by atoms with Gasteiger partial charge in [-0.3, -0.25) is 0 Å². The molecule has 105 valence electrons. The van der Waals surface area contributed by atoms with Crippen molar-refractivity contribution in [3.8, 4) is 0 Å². The van der Waals surface area contributed by atoms with E-state index in [0.717, 1.165) is 12.3 Å². The van der Waals surface area contributed by atoms with Crippen LogP contribution in [0.4, 0.5) is 5.69 Å². The number of hydrogen-bond acceptors (Lipinski definition) is 2. The van der Waals surface area contributed by atoms with E-state index in [1.54, 1.807) is 0 Å². The molecule has 0 spiro atoms. The lowest BCUT2D eigenvalue weighted by Crippen LogP contribution is -2.47. The fraction of sp³-hybridized carbons (Fsp3) is 0.294. The maximum Gasteiger partial charge on any atom is 0.123 e. The Bertz CT molecular complexity index is 485. The van der Waals surface area contributed by atoms with Gasteiger partial charge in [0.25, 0.3) is 0 Å². The minimum atomic E-state index is -0.637. The third-order valence-electron chi connectivity index (χ3n) is 3.19. The van der Waals surface area contributed by atoms with Gasteiger partial charge < -0.3 is 10.6 Å². The molecule has 2 rings (SSSR count). The zero-order chi connectivity index (χ0) is 14.2. The van der Waals surface area contributed by atoms with Crippen molar-refractivity contribution in [3.63, 3.8) is 0 Å². The molecule has 0 aliphatic carbocycles. The van der Waals surface area contributed by atoms with Gasteiger partial charge in [0, 0.05) is 17.9 Å². The molecule has 0 saturated carbocycles. The fourth-order valence-electron chi connectivity index (χ4n) is 2.03. The highest BCUT2D eigenvalue weighted by molar-refractivity contribution is 6.74. The molecule has 2 N–H and O–H groups in total. The van der Waals surface area contributed by atoms with Crippen LogP contribution in [0.25, 0.3) is 0 Å². The summed E-state index contributed by atoms with van der Waals surface area (Å²) in [5.41, 5.74) is 1.20. The summed E-state index contributed by atoms with van der Waals surface area (Å²) in [5.74, 6) is 0. The van der Waals surface area contributed by atoms with Crippen molar-refractivity contribution in [2.75, 3.05) is 17.7 Å². The second-order valence-corrected chi connectivity index (χ2v) is 7.72. The summed E-state index contributed by atoms with van der Waals surface area (Å²) in [6, 6.07) is 21.9. The normalized spacial score (nSPS) is 11.0. The Labute approximate surface area is 123 Å². The first-order valence-corrected chi connectivity index (χ1v) is 9.09. The van der Waals surface area contributed by atoms with Gasteiger partial charge in [0.15, 0.2) is 0 Å². The summed E-state index contributed by atoms with van der Waals surface area (Å²) in [5, 5.41) is 8.64. The molecule has 2 aromatic carbocycles. The van der Waals surface area contributed by atoms with Crippen LogP contribution >= 0.6 is 0 Å². The average Bonchev–Trinajstić information content (AvgIpc) is 2.49. The SMILES string of the molecule is CC(C)NC[Si](CNc1ccccc1)c1ccccc1. The minimum Gasteiger partial charge on any atom is -0.388 e. The molecule has 0 saturated heterocycles. The van der Waals surface area contributed by atoms with E-state index < -0.39 is 8.80 Å². The standard InChI is InChI=1S/C17H23N2Si/c1-15(2)18-13-20(17-11-7-4-8-12-17)14-19-16-9-5-3-6-10-16/h3-12,15,18-19H,13-14H2,1-2H3. The van der Waals surface area contributed by atoms with Crippen molar-refractivity contribution >= 4 is 19.7 Å². The van der Waals surface area contributed by atoms with Crippen LogP contribution in [0.2, 0.25) is 0 Å². The minimum absolute atomic E-state index is 0.537. The van der Waals surface area contributed by atoms with Crippen LogP contribution in [-0.2, 0) is 0 Å². The molecular formula is C17H23N2Si. The van der Waals surface area contributed by atoms with E-state index >= 15 is 0 Å². The highest BCUT2D eigenvalue weighted by atomic mass is 28.3. The zero-order valence-corrected chi connectivity index (χ0v) is 13.3. The number of benzene rings is 2. The largest absolute Gasteiger partial charge is 0.388 e. The first-order chi connectivity index (χ1) is 9.75. The van der Waals surface area contributed by atoms with Crippen molar-refractivity contribution in [2.45, 2.75) is 19.9 Å². The zero-order valence-electron chi connectivity index (χ0n) is 12.3. The van der Waals surface area contributed by atoms with E-state index in [0.29, 0.717) is 6.04 Å². The Morgan fingerprint density at radius 1 is 0.850 bits per heavy atom. The van der Waals surface area contributed by atoms with Crippen LogP contribution < -0.4 is 15.8 Å².